The highest BCUT2D eigenvalue weighted by Gasteiger charge is 2.34. The fourth-order valence-electron chi connectivity index (χ4n) is 1.57. The maximum atomic E-state index is 11.7. The van der Waals surface area contributed by atoms with E-state index in [1.54, 1.807) is 19.9 Å². The molecular formula is C13H22O4. The molecule has 0 aliphatic carbocycles. The summed E-state index contributed by atoms with van der Waals surface area (Å²) in [6.07, 6.45) is 3.24. The number of ether oxygens (including phenoxy) is 2. The van der Waals surface area contributed by atoms with Crippen molar-refractivity contribution in [1.29, 1.82) is 0 Å². The molecule has 0 amide bonds. The molecule has 0 bridgehead atoms. The van der Waals surface area contributed by atoms with Gasteiger partial charge in [-0.1, -0.05) is 13.0 Å². The van der Waals surface area contributed by atoms with Crippen molar-refractivity contribution >= 4 is 11.9 Å². The summed E-state index contributed by atoms with van der Waals surface area (Å²) < 4.78 is 9.81. The van der Waals surface area contributed by atoms with Crippen molar-refractivity contribution in [2.75, 3.05) is 13.2 Å². The van der Waals surface area contributed by atoms with Gasteiger partial charge in [0, 0.05) is 0 Å². The lowest BCUT2D eigenvalue weighted by Crippen LogP contribution is -2.33. The van der Waals surface area contributed by atoms with Crippen LogP contribution in [0.15, 0.2) is 12.7 Å². The first-order valence-electron chi connectivity index (χ1n) is 6.02. The molecule has 1 atom stereocenters. The van der Waals surface area contributed by atoms with Gasteiger partial charge in [0.1, 0.15) is 0 Å². The van der Waals surface area contributed by atoms with Gasteiger partial charge in [0.15, 0.2) is 5.92 Å². The van der Waals surface area contributed by atoms with Crippen molar-refractivity contribution in [3.05, 3.63) is 12.7 Å². The largest absolute Gasteiger partial charge is 0.465 e. The van der Waals surface area contributed by atoms with Crippen molar-refractivity contribution in [2.24, 2.45) is 11.8 Å². The Morgan fingerprint density at radius 2 is 1.65 bits per heavy atom. The number of hydrogen-bond donors (Lipinski definition) is 0. The van der Waals surface area contributed by atoms with Gasteiger partial charge in [0.05, 0.1) is 13.2 Å². The van der Waals surface area contributed by atoms with Crippen molar-refractivity contribution in [2.45, 2.75) is 33.6 Å². The van der Waals surface area contributed by atoms with Gasteiger partial charge in [-0.2, -0.15) is 0 Å². The predicted molar refractivity (Wildman–Crippen MR) is 65.4 cm³/mol. The molecule has 0 radical (unpaired) electrons. The van der Waals surface area contributed by atoms with E-state index in [1.165, 1.54) is 0 Å². The second kappa shape index (κ2) is 8.79. The normalized spacial score (nSPS) is 12.0. The standard InChI is InChI=1S/C13H22O4/c1-5-8-9-10(4)11(12(14)16-6-2)13(15)17-7-3/h5,10-11H,1,6-9H2,2-4H3/t10-/m1/s1. The second-order valence-corrected chi connectivity index (χ2v) is 3.83. The van der Waals surface area contributed by atoms with Gasteiger partial charge in [0.2, 0.25) is 0 Å². The summed E-state index contributed by atoms with van der Waals surface area (Å²) in [7, 11) is 0. The molecular weight excluding hydrogens is 220 g/mol. The van der Waals surface area contributed by atoms with Crippen LogP contribution in [0.2, 0.25) is 0 Å². The summed E-state index contributed by atoms with van der Waals surface area (Å²) in [5.41, 5.74) is 0. The minimum atomic E-state index is -0.824. The first-order valence-corrected chi connectivity index (χ1v) is 6.02. The first kappa shape index (κ1) is 15.7. The lowest BCUT2D eigenvalue weighted by molar-refractivity contribution is -0.164. The maximum absolute atomic E-state index is 11.7. The van der Waals surface area contributed by atoms with Crippen LogP contribution in [0.5, 0.6) is 0 Å². The molecule has 98 valence electrons. The van der Waals surface area contributed by atoms with Gasteiger partial charge in [-0.05, 0) is 32.6 Å². The highest BCUT2D eigenvalue weighted by Crippen LogP contribution is 2.20. The van der Waals surface area contributed by atoms with Gasteiger partial charge in [-0.15, -0.1) is 6.58 Å². The summed E-state index contributed by atoms with van der Waals surface area (Å²) in [5, 5.41) is 0. The zero-order chi connectivity index (χ0) is 13.3. The monoisotopic (exact) mass is 242 g/mol. The van der Waals surface area contributed by atoms with Crippen LogP contribution in [-0.2, 0) is 19.1 Å². The SMILES string of the molecule is C=CCC[C@@H](C)C(C(=O)OCC)C(=O)OCC. The molecule has 0 saturated carbocycles. The topological polar surface area (TPSA) is 52.6 Å². The Morgan fingerprint density at radius 1 is 1.18 bits per heavy atom. The number of carbonyl (C=O) groups excluding carboxylic acids is 2. The summed E-state index contributed by atoms with van der Waals surface area (Å²) >= 11 is 0. The smallest absolute Gasteiger partial charge is 0.320 e. The lowest BCUT2D eigenvalue weighted by Gasteiger charge is -2.20. The molecule has 4 heteroatoms. The number of carbonyl (C=O) groups is 2. The molecule has 0 unspecified atom stereocenters. The highest BCUT2D eigenvalue weighted by atomic mass is 16.6. The molecule has 0 fully saturated rings. The average Bonchev–Trinajstić information content (AvgIpc) is 2.27. The van der Waals surface area contributed by atoms with E-state index in [2.05, 4.69) is 6.58 Å². The van der Waals surface area contributed by atoms with E-state index >= 15 is 0 Å². The minimum Gasteiger partial charge on any atom is -0.465 e. The fourth-order valence-corrected chi connectivity index (χ4v) is 1.57. The van der Waals surface area contributed by atoms with Crippen LogP contribution in [0.1, 0.15) is 33.6 Å². The van der Waals surface area contributed by atoms with Gasteiger partial charge in [0.25, 0.3) is 0 Å². The lowest BCUT2D eigenvalue weighted by atomic mass is 9.90. The van der Waals surface area contributed by atoms with Gasteiger partial charge >= 0.3 is 11.9 Å². The van der Waals surface area contributed by atoms with Gasteiger partial charge in [-0.25, -0.2) is 0 Å². The van der Waals surface area contributed by atoms with Crippen molar-refractivity contribution in [1.82, 2.24) is 0 Å². The van der Waals surface area contributed by atoms with E-state index in [0.717, 1.165) is 6.42 Å². The minimum absolute atomic E-state index is 0.105. The first-order chi connectivity index (χ1) is 8.08. The van der Waals surface area contributed by atoms with Crippen LogP contribution < -0.4 is 0 Å². The van der Waals surface area contributed by atoms with E-state index in [-0.39, 0.29) is 19.1 Å². The Hall–Kier alpha value is -1.32. The molecule has 0 N–H and O–H groups in total. The van der Waals surface area contributed by atoms with E-state index in [9.17, 15) is 9.59 Å². The molecule has 0 aliphatic rings. The Morgan fingerprint density at radius 3 is 2.00 bits per heavy atom. The third-order valence-corrected chi connectivity index (χ3v) is 2.48. The molecule has 0 saturated heterocycles. The number of allylic oxidation sites excluding steroid dienone is 1. The molecule has 0 spiro atoms. The van der Waals surface area contributed by atoms with Crippen LogP contribution in [0.25, 0.3) is 0 Å². The van der Waals surface area contributed by atoms with Gasteiger partial charge in [-0.3, -0.25) is 9.59 Å². The zero-order valence-corrected chi connectivity index (χ0v) is 10.9. The molecule has 0 aromatic heterocycles. The Labute approximate surface area is 103 Å². The number of hydrogen-bond acceptors (Lipinski definition) is 4. The van der Waals surface area contributed by atoms with Crippen molar-refractivity contribution in [3.8, 4) is 0 Å². The van der Waals surface area contributed by atoms with E-state index < -0.39 is 17.9 Å². The summed E-state index contributed by atoms with van der Waals surface area (Å²) in [5.74, 6) is -1.93. The van der Waals surface area contributed by atoms with Crippen LogP contribution in [0.4, 0.5) is 0 Å². The highest BCUT2D eigenvalue weighted by molar-refractivity contribution is 5.95. The molecule has 0 aromatic rings. The summed E-state index contributed by atoms with van der Waals surface area (Å²) in [4.78, 5) is 23.4. The van der Waals surface area contributed by atoms with Crippen LogP contribution in [-0.4, -0.2) is 25.2 Å². The molecule has 0 aliphatic heterocycles. The van der Waals surface area contributed by atoms with Crippen LogP contribution in [0, 0.1) is 11.8 Å². The van der Waals surface area contributed by atoms with E-state index in [0.29, 0.717) is 6.42 Å². The summed E-state index contributed by atoms with van der Waals surface area (Å²) in [6, 6.07) is 0. The summed E-state index contributed by atoms with van der Waals surface area (Å²) in [6.45, 7) is 9.44. The Kier molecular flexibility index (Phi) is 8.11. The molecule has 0 rings (SSSR count). The molecule has 4 nitrogen and oxygen atoms in total. The number of esters is 2. The third-order valence-electron chi connectivity index (χ3n) is 2.48. The molecule has 0 heterocycles. The molecule has 17 heavy (non-hydrogen) atoms. The van der Waals surface area contributed by atoms with E-state index in [4.69, 9.17) is 9.47 Å². The van der Waals surface area contributed by atoms with Crippen LogP contribution in [0.3, 0.4) is 0 Å². The third kappa shape index (κ3) is 5.52. The van der Waals surface area contributed by atoms with Crippen LogP contribution >= 0.6 is 0 Å². The van der Waals surface area contributed by atoms with Crippen molar-refractivity contribution in [3.63, 3.8) is 0 Å². The van der Waals surface area contributed by atoms with Gasteiger partial charge < -0.3 is 9.47 Å². The Bertz CT molecular complexity index is 242. The predicted octanol–water partition coefficient (Wildman–Crippen LogP) is 2.33. The quantitative estimate of drug-likeness (QED) is 0.372. The average molecular weight is 242 g/mol. The second-order valence-electron chi connectivity index (χ2n) is 3.83. The maximum Gasteiger partial charge on any atom is 0.320 e. The number of rotatable bonds is 8. The van der Waals surface area contributed by atoms with Crippen molar-refractivity contribution < 1.29 is 19.1 Å². The zero-order valence-electron chi connectivity index (χ0n) is 10.9. The molecule has 0 aromatic carbocycles. The van der Waals surface area contributed by atoms with E-state index in [1.807, 2.05) is 6.92 Å². The Balaban J connectivity index is 4.64. The fraction of sp³-hybridized carbons (Fsp3) is 0.692.